The molecule has 0 aromatic carbocycles. The van der Waals surface area contributed by atoms with Crippen molar-refractivity contribution in [3.63, 3.8) is 0 Å². The largest absolute Gasteiger partial charge is 0.469 e. The summed E-state index contributed by atoms with van der Waals surface area (Å²) in [5, 5.41) is 0. The summed E-state index contributed by atoms with van der Waals surface area (Å²) in [6.07, 6.45) is 0. The van der Waals surface area contributed by atoms with Crippen LogP contribution in [0.25, 0.3) is 0 Å². The molecule has 0 amide bonds. The molecule has 0 aliphatic heterocycles. The maximum absolute atomic E-state index is 9.47. The summed E-state index contributed by atoms with van der Waals surface area (Å²) in [5.41, 5.74) is 0. The molecule has 0 aliphatic carbocycles. The lowest BCUT2D eigenvalue weighted by Crippen LogP contribution is -1.76. The lowest BCUT2D eigenvalue weighted by Gasteiger charge is -1.93. The molecule has 0 rings (SSSR count). The minimum absolute atomic E-state index is 0. The highest BCUT2D eigenvalue weighted by atomic mass is 35.5. The van der Waals surface area contributed by atoms with E-state index >= 15 is 0 Å². The van der Waals surface area contributed by atoms with E-state index in [-0.39, 0.29) is 17.1 Å². The van der Waals surface area contributed by atoms with Gasteiger partial charge in [-0.1, -0.05) is 0 Å². The lowest BCUT2D eigenvalue weighted by molar-refractivity contribution is 0.235. The first-order valence-corrected chi connectivity index (χ1v) is 2.70. The molecule has 0 heterocycles. The van der Waals surface area contributed by atoms with Crippen molar-refractivity contribution in [1.82, 2.24) is 0 Å². The van der Waals surface area contributed by atoms with Crippen LogP contribution in [0.1, 0.15) is 0 Å². The molecule has 0 aliphatic rings. The predicted molar refractivity (Wildman–Crippen MR) is 28.8 cm³/mol. The Hall–Kier alpha value is 0.330. The number of phosphoric acid groups is 1. The SMILES string of the molecule is COP(=O)(O)O.Cl.F. The molecule has 8 heavy (non-hydrogen) atoms. The molecule has 0 saturated carbocycles. The van der Waals surface area contributed by atoms with E-state index in [1.165, 1.54) is 0 Å². The Morgan fingerprint density at radius 2 is 1.62 bits per heavy atom. The first kappa shape index (κ1) is 15.8. The molecule has 0 radical (unpaired) electrons. The molecule has 0 aromatic heterocycles. The average Bonchev–Trinajstić information content (AvgIpc) is 1.35. The van der Waals surface area contributed by atoms with Gasteiger partial charge in [0.1, 0.15) is 0 Å². The smallest absolute Gasteiger partial charge is 0.303 e. The van der Waals surface area contributed by atoms with Gasteiger partial charge in [0, 0.05) is 7.11 Å². The molecule has 2 N–H and O–H groups in total. The van der Waals surface area contributed by atoms with Gasteiger partial charge in [-0.3, -0.25) is 9.23 Å². The maximum atomic E-state index is 9.47. The summed E-state index contributed by atoms with van der Waals surface area (Å²) in [7, 11) is -3.20. The molecule has 54 valence electrons. The first-order chi connectivity index (χ1) is 2.56. The Kier molecular flexibility index (Phi) is 10.8. The van der Waals surface area contributed by atoms with Crippen LogP contribution >= 0.6 is 20.2 Å². The van der Waals surface area contributed by atoms with Crippen LogP contribution in [0.3, 0.4) is 0 Å². The lowest BCUT2D eigenvalue weighted by atomic mass is 11.8. The second-order valence-electron chi connectivity index (χ2n) is 0.673. The third-order valence-electron chi connectivity index (χ3n) is 0.238. The molecule has 0 unspecified atom stereocenters. The van der Waals surface area contributed by atoms with Gasteiger partial charge in [-0.05, 0) is 0 Å². The van der Waals surface area contributed by atoms with Gasteiger partial charge in [-0.2, -0.15) is 0 Å². The average molecular weight is 168 g/mol. The van der Waals surface area contributed by atoms with Gasteiger partial charge >= 0.3 is 7.82 Å². The summed E-state index contributed by atoms with van der Waals surface area (Å²) >= 11 is 0. The molecule has 0 saturated heterocycles. The number of hydrogen-bond donors (Lipinski definition) is 2. The predicted octanol–water partition coefficient (Wildman–Crippen LogP) is 0.300. The fourth-order valence-corrected chi connectivity index (χ4v) is 0. The highest BCUT2D eigenvalue weighted by molar-refractivity contribution is 7.46. The van der Waals surface area contributed by atoms with E-state index in [1.807, 2.05) is 0 Å². The highest BCUT2D eigenvalue weighted by Gasteiger charge is 2.07. The van der Waals surface area contributed by atoms with Gasteiger partial charge in [0.25, 0.3) is 0 Å². The summed E-state index contributed by atoms with van der Waals surface area (Å²) in [6.45, 7) is 0. The first-order valence-electron chi connectivity index (χ1n) is 1.17. The summed E-state index contributed by atoms with van der Waals surface area (Å²) < 4.78 is 13.1. The van der Waals surface area contributed by atoms with Crippen molar-refractivity contribution in [1.29, 1.82) is 0 Å². The zero-order valence-corrected chi connectivity index (χ0v) is 5.69. The van der Waals surface area contributed by atoms with Gasteiger partial charge in [0.05, 0.1) is 0 Å². The van der Waals surface area contributed by atoms with E-state index in [9.17, 15) is 4.57 Å². The third-order valence-corrected chi connectivity index (χ3v) is 0.714. The van der Waals surface area contributed by atoms with Gasteiger partial charge in [0.15, 0.2) is 0 Å². The van der Waals surface area contributed by atoms with Crippen molar-refractivity contribution in [2.75, 3.05) is 7.11 Å². The maximum Gasteiger partial charge on any atom is 0.469 e. The monoisotopic (exact) mass is 168 g/mol. The van der Waals surface area contributed by atoms with Gasteiger partial charge < -0.3 is 9.79 Å². The van der Waals surface area contributed by atoms with E-state index in [1.54, 1.807) is 0 Å². The molecule has 0 atom stereocenters. The van der Waals surface area contributed by atoms with Crippen LogP contribution in [0.15, 0.2) is 0 Å². The Morgan fingerprint density at radius 1 is 1.50 bits per heavy atom. The van der Waals surface area contributed by atoms with E-state index in [0.29, 0.717) is 0 Å². The minimum Gasteiger partial charge on any atom is -0.303 e. The van der Waals surface area contributed by atoms with Crippen LogP contribution in [0.2, 0.25) is 0 Å². The van der Waals surface area contributed by atoms with E-state index < -0.39 is 7.82 Å². The second-order valence-corrected chi connectivity index (χ2v) is 2.02. The molecule has 0 bridgehead atoms. The van der Waals surface area contributed by atoms with Gasteiger partial charge in [-0.15, -0.1) is 12.4 Å². The Balaban J connectivity index is -0.000000125. The van der Waals surface area contributed by atoms with Crippen molar-refractivity contribution < 1.29 is 23.6 Å². The number of rotatable bonds is 1. The molecule has 7 heteroatoms. The van der Waals surface area contributed by atoms with Gasteiger partial charge in [0.2, 0.25) is 0 Å². The summed E-state index contributed by atoms with van der Waals surface area (Å²) in [4.78, 5) is 15.4. The normalized spacial score (nSPS) is 8.88. The van der Waals surface area contributed by atoms with Gasteiger partial charge in [-0.25, -0.2) is 4.57 Å². The van der Waals surface area contributed by atoms with E-state index in [0.717, 1.165) is 7.11 Å². The molecule has 4 nitrogen and oxygen atoms in total. The fraction of sp³-hybridized carbons (Fsp3) is 1.00. The van der Waals surface area contributed by atoms with Crippen molar-refractivity contribution in [3.8, 4) is 0 Å². The zero-order valence-electron chi connectivity index (χ0n) is 3.97. The Labute approximate surface area is 51.9 Å². The minimum atomic E-state index is -4.15. The van der Waals surface area contributed by atoms with Crippen LogP contribution in [-0.4, -0.2) is 16.9 Å². The number of hydrogen-bond acceptors (Lipinski definition) is 2. The Morgan fingerprint density at radius 3 is 1.62 bits per heavy atom. The zero-order chi connectivity index (χ0) is 5.21. The van der Waals surface area contributed by atoms with Crippen LogP contribution < -0.4 is 0 Å². The standard InChI is InChI=1S/CH5O4P.ClH.FH/c1-5-6(2,3)4;;/h1H3,(H2,2,3,4);2*1H. The van der Waals surface area contributed by atoms with E-state index in [2.05, 4.69) is 4.52 Å². The highest BCUT2D eigenvalue weighted by Crippen LogP contribution is 2.33. The van der Waals surface area contributed by atoms with Crippen molar-refractivity contribution >= 4 is 20.2 Å². The molecule has 0 fully saturated rings. The summed E-state index contributed by atoms with van der Waals surface area (Å²) in [5.74, 6) is 0. The number of phosphoric ester groups is 1. The second kappa shape index (κ2) is 5.47. The fourth-order valence-electron chi connectivity index (χ4n) is 0. The third kappa shape index (κ3) is 16.2. The molecular weight excluding hydrogens is 161 g/mol. The van der Waals surface area contributed by atoms with Crippen LogP contribution in [0.4, 0.5) is 4.70 Å². The van der Waals surface area contributed by atoms with Crippen LogP contribution in [0.5, 0.6) is 0 Å². The van der Waals surface area contributed by atoms with Crippen LogP contribution in [0, 0.1) is 0 Å². The van der Waals surface area contributed by atoms with Crippen molar-refractivity contribution in [3.05, 3.63) is 0 Å². The van der Waals surface area contributed by atoms with Crippen LogP contribution in [-0.2, 0) is 9.09 Å². The van der Waals surface area contributed by atoms with E-state index in [4.69, 9.17) is 9.79 Å². The topological polar surface area (TPSA) is 66.8 Å². The molecular formula is CH7ClFO4P. The quantitative estimate of drug-likeness (QED) is 0.553. The molecule has 0 spiro atoms. The van der Waals surface area contributed by atoms with Crippen molar-refractivity contribution in [2.24, 2.45) is 0 Å². The Bertz CT molecular complexity index is 80.1. The summed E-state index contributed by atoms with van der Waals surface area (Å²) in [6, 6.07) is 0. The number of halogens is 2. The molecule has 0 aromatic rings. The van der Waals surface area contributed by atoms with Crippen molar-refractivity contribution in [2.45, 2.75) is 0 Å².